The molecule has 0 bridgehead atoms. The van der Waals surface area contributed by atoms with Crippen LogP contribution in [0.3, 0.4) is 0 Å². The molecule has 2 N–H and O–H groups in total. The summed E-state index contributed by atoms with van der Waals surface area (Å²) < 4.78 is 0. The van der Waals surface area contributed by atoms with Crippen LogP contribution >= 0.6 is 0 Å². The molecule has 0 unspecified atom stereocenters. The molecule has 1 aromatic heterocycles. The van der Waals surface area contributed by atoms with E-state index in [4.69, 9.17) is 0 Å². The number of nitrogens with zero attached hydrogens (tertiary/aromatic N) is 2. The van der Waals surface area contributed by atoms with Gasteiger partial charge in [0.25, 0.3) is 0 Å². The summed E-state index contributed by atoms with van der Waals surface area (Å²) in [7, 11) is 0. The minimum Gasteiger partial charge on any atom is -0.326 e. The molecule has 0 aliphatic carbocycles. The number of benzene rings is 1. The number of carbonyl (C=O) groups excluding carboxylic acids is 1. The van der Waals surface area contributed by atoms with Gasteiger partial charge in [-0.1, -0.05) is 13.8 Å². The number of carbonyl (C=O) groups is 1. The van der Waals surface area contributed by atoms with Gasteiger partial charge in [0, 0.05) is 17.7 Å². The number of aromatic amines is 1. The molecule has 0 fully saturated rings. The van der Waals surface area contributed by atoms with Crippen molar-refractivity contribution in [1.29, 1.82) is 0 Å². The summed E-state index contributed by atoms with van der Waals surface area (Å²) in [6, 6.07) is 7.55. The minimum absolute atomic E-state index is 0.0557. The number of H-pyrrole nitrogens is 1. The molecule has 0 aliphatic heterocycles. The van der Waals surface area contributed by atoms with Gasteiger partial charge in [-0.3, -0.25) is 9.89 Å². The lowest BCUT2D eigenvalue weighted by Gasteiger charge is -2.07. The van der Waals surface area contributed by atoms with Crippen molar-refractivity contribution in [2.75, 3.05) is 5.32 Å². The zero-order valence-corrected chi connectivity index (χ0v) is 12.1. The Morgan fingerprint density at radius 3 is 2.55 bits per heavy atom. The molecule has 5 nitrogen and oxygen atoms in total. The number of anilines is 1. The van der Waals surface area contributed by atoms with Crippen LogP contribution in [-0.2, 0) is 4.79 Å². The summed E-state index contributed by atoms with van der Waals surface area (Å²) in [6.07, 6.45) is 1.46. The Kier molecular flexibility index (Phi) is 4.50. The number of aromatic nitrogens is 3. The highest BCUT2D eigenvalue weighted by molar-refractivity contribution is 5.90. The molecule has 0 aliphatic rings. The van der Waals surface area contributed by atoms with Crippen molar-refractivity contribution in [1.82, 2.24) is 15.2 Å². The van der Waals surface area contributed by atoms with Crippen LogP contribution < -0.4 is 5.32 Å². The predicted molar refractivity (Wildman–Crippen MR) is 79.3 cm³/mol. The van der Waals surface area contributed by atoms with Crippen LogP contribution in [0, 0.1) is 12.8 Å². The molecule has 1 amide bonds. The molecule has 5 heteroatoms. The van der Waals surface area contributed by atoms with Gasteiger partial charge in [-0.25, -0.2) is 4.98 Å². The fourth-order valence-corrected chi connectivity index (χ4v) is 1.82. The average Bonchev–Trinajstić information content (AvgIpc) is 2.84. The smallest absolute Gasteiger partial charge is 0.224 e. The maximum atomic E-state index is 11.7. The third-order valence-electron chi connectivity index (χ3n) is 2.97. The second-order valence-electron chi connectivity index (χ2n) is 5.30. The quantitative estimate of drug-likeness (QED) is 0.878. The van der Waals surface area contributed by atoms with Gasteiger partial charge in [0.1, 0.15) is 5.82 Å². The van der Waals surface area contributed by atoms with E-state index in [2.05, 4.69) is 34.3 Å². The van der Waals surface area contributed by atoms with Gasteiger partial charge < -0.3 is 5.32 Å². The molecule has 1 heterocycles. The van der Waals surface area contributed by atoms with Crippen molar-refractivity contribution in [2.24, 2.45) is 5.92 Å². The van der Waals surface area contributed by atoms with Crippen LogP contribution in [0.1, 0.15) is 32.5 Å². The first kappa shape index (κ1) is 14.2. The van der Waals surface area contributed by atoms with Gasteiger partial charge in [0.2, 0.25) is 5.91 Å². The molecule has 106 valence electrons. The van der Waals surface area contributed by atoms with Gasteiger partial charge in [-0.05, 0) is 43.5 Å². The first-order valence-electron chi connectivity index (χ1n) is 6.84. The molecule has 2 rings (SSSR count). The Labute approximate surface area is 118 Å². The molecular weight excluding hydrogens is 252 g/mol. The van der Waals surface area contributed by atoms with Gasteiger partial charge in [0.05, 0.1) is 0 Å². The fourth-order valence-electron chi connectivity index (χ4n) is 1.82. The predicted octanol–water partition coefficient (Wildman–Crippen LogP) is 3.15. The van der Waals surface area contributed by atoms with E-state index >= 15 is 0 Å². The fraction of sp³-hybridized carbons (Fsp3) is 0.400. The van der Waals surface area contributed by atoms with E-state index in [1.165, 1.54) is 0 Å². The average molecular weight is 272 g/mol. The van der Waals surface area contributed by atoms with Gasteiger partial charge >= 0.3 is 0 Å². The molecule has 0 saturated carbocycles. The highest BCUT2D eigenvalue weighted by Crippen LogP contribution is 2.18. The van der Waals surface area contributed by atoms with Crippen LogP contribution in [0.5, 0.6) is 0 Å². The van der Waals surface area contributed by atoms with E-state index in [-0.39, 0.29) is 5.91 Å². The maximum Gasteiger partial charge on any atom is 0.224 e. The monoisotopic (exact) mass is 272 g/mol. The van der Waals surface area contributed by atoms with E-state index in [0.717, 1.165) is 23.5 Å². The topological polar surface area (TPSA) is 70.7 Å². The molecular formula is C15H20N4O. The molecule has 0 spiro atoms. The Morgan fingerprint density at radius 1 is 1.30 bits per heavy atom. The Bertz CT molecular complexity index is 572. The van der Waals surface area contributed by atoms with Crippen molar-refractivity contribution >= 4 is 11.6 Å². The van der Waals surface area contributed by atoms with Crippen LogP contribution in [0.4, 0.5) is 5.69 Å². The van der Waals surface area contributed by atoms with Crippen LogP contribution in [-0.4, -0.2) is 21.1 Å². The van der Waals surface area contributed by atoms with Crippen molar-refractivity contribution in [3.8, 4) is 11.4 Å². The number of aryl methyl sites for hydroxylation is 1. The number of nitrogens with one attached hydrogen (secondary N) is 2. The van der Waals surface area contributed by atoms with Crippen LogP contribution in [0.15, 0.2) is 24.3 Å². The summed E-state index contributed by atoms with van der Waals surface area (Å²) in [5.41, 5.74) is 1.73. The standard InChI is InChI=1S/C15H20N4O/c1-10(2)4-9-14(20)17-13-7-5-12(6-8-13)15-16-11(3)18-19-15/h5-8,10H,4,9H2,1-3H3,(H,17,20)(H,16,18,19). The van der Waals surface area contributed by atoms with E-state index in [9.17, 15) is 4.79 Å². The van der Waals surface area contributed by atoms with Crippen molar-refractivity contribution in [3.63, 3.8) is 0 Å². The number of hydrogen-bond donors (Lipinski definition) is 2. The van der Waals surface area contributed by atoms with Crippen molar-refractivity contribution in [2.45, 2.75) is 33.6 Å². The Balaban J connectivity index is 1.96. The summed E-state index contributed by atoms with van der Waals surface area (Å²) in [5.74, 6) is 2.04. The van der Waals surface area contributed by atoms with Gasteiger partial charge in [0.15, 0.2) is 5.82 Å². The number of rotatable bonds is 5. The summed E-state index contributed by atoms with van der Waals surface area (Å²) in [6.45, 7) is 6.09. The molecule has 20 heavy (non-hydrogen) atoms. The van der Waals surface area contributed by atoms with Crippen molar-refractivity contribution in [3.05, 3.63) is 30.1 Å². The van der Waals surface area contributed by atoms with Crippen molar-refractivity contribution < 1.29 is 4.79 Å². The molecule has 1 aromatic carbocycles. The maximum absolute atomic E-state index is 11.7. The van der Waals surface area contributed by atoms with Crippen LogP contribution in [0.2, 0.25) is 0 Å². The summed E-state index contributed by atoms with van der Waals surface area (Å²) >= 11 is 0. The third kappa shape index (κ3) is 3.91. The SMILES string of the molecule is Cc1nc(-c2ccc(NC(=O)CCC(C)C)cc2)n[nH]1. The second-order valence-corrected chi connectivity index (χ2v) is 5.30. The highest BCUT2D eigenvalue weighted by atomic mass is 16.1. The van der Waals surface area contributed by atoms with E-state index in [0.29, 0.717) is 18.2 Å². The summed E-state index contributed by atoms with van der Waals surface area (Å²) in [4.78, 5) is 16.0. The lowest BCUT2D eigenvalue weighted by molar-refractivity contribution is -0.116. The normalized spacial score (nSPS) is 10.8. The minimum atomic E-state index is 0.0557. The summed E-state index contributed by atoms with van der Waals surface area (Å²) in [5, 5.41) is 9.81. The molecule has 0 radical (unpaired) electrons. The third-order valence-corrected chi connectivity index (χ3v) is 2.97. The first-order valence-corrected chi connectivity index (χ1v) is 6.84. The van der Waals surface area contributed by atoms with Gasteiger partial charge in [-0.2, -0.15) is 5.10 Å². The molecule has 0 atom stereocenters. The van der Waals surface area contributed by atoms with E-state index in [1.54, 1.807) is 0 Å². The van der Waals surface area contributed by atoms with Crippen LogP contribution in [0.25, 0.3) is 11.4 Å². The largest absolute Gasteiger partial charge is 0.326 e. The Morgan fingerprint density at radius 2 is 2.00 bits per heavy atom. The lowest BCUT2D eigenvalue weighted by Crippen LogP contribution is -2.12. The Hall–Kier alpha value is -2.17. The molecule has 0 saturated heterocycles. The van der Waals surface area contributed by atoms with E-state index < -0.39 is 0 Å². The van der Waals surface area contributed by atoms with E-state index in [1.807, 2.05) is 31.2 Å². The number of hydrogen-bond acceptors (Lipinski definition) is 3. The highest BCUT2D eigenvalue weighted by Gasteiger charge is 2.06. The zero-order valence-electron chi connectivity index (χ0n) is 12.1. The van der Waals surface area contributed by atoms with Gasteiger partial charge in [-0.15, -0.1) is 0 Å². The second kappa shape index (κ2) is 6.32. The molecule has 2 aromatic rings. The lowest BCUT2D eigenvalue weighted by atomic mass is 10.1. The first-order chi connectivity index (χ1) is 9.54. The zero-order chi connectivity index (χ0) is 14.5. The number of amides is 1.